The van der Waals surface area contributed by atoms with E-state index in [1.54, 1.807) is 6.07 Å². The Bertz CT molecular complexity index is 681. The van der Waals surface area contributed by atoms with Gasteiger partial charge in [-0.3, -0.25) is 19.9 Å². The van der Waals surface area contributed by atoms with Crippen molar-refractivity contribution in [1.29, 1.82) is 0 Å². The predicted octanol–water partition coefficient (Wildman–Crippen LogP) is 1.26. The zero-order valence-corrected chi connectivity index (χ0v) is 10.4. The van der Waals surface area contributed by atoms with E-state index in [2.05, 4.69) is 14.9 Å². The molecule has 2 N–H and O–H groups in total. The van der Waals surface area contributed by atoms with Crippen LogP contribution in [0.25, 0.3) is 0 Å². The van der Waals surface area contributed by atoms with Crippen LogP contribution < -0.4 is 4.72 Å². The van der Waals surface area contributed by atoms with Gasteiger partial charge in [0.1, 0.15) is 11.6 Å². The Labute approximate surface area is 108 Å². The standard InChI is InChI=1S/C10H10N4O4S/c15-14(16)9-4-2-1-3-8(9)7-19(17,18)13-10-5-6-11-12-10/h1-6H,7H2,(H2,11,12,13). The van der Waals surface area contributed by atoms with E-state index in [0.29, 0.717) is 0 Å². The Hall–Kier alpha value is -2.42. The second kappa shape index (κ2) is 5.06. The molecule has 0 saturated carbocycles. The fourth-order valence-electron chi connectivity index (χ4n) is 1.53. The second-order valence-electron chi connectivity index (χ2n) is 3.72. The maximum absolute atomic E-state index is 11.9. The van der Waals surface area contributed by atoms with Gasteiger partial charge in [0, 0.05) is 17.7 Å². The lowest BCUT2D eigenvalue weighted by atomic mass is 10.2. The number of aromatic nitrogens is 2. The molecule has 100 valence electrons. The number of nitro groups is 1. The first-order valence-corrected chi connectivity index (χ1v) is 6.85. The van der Waals surface area contributed by atoms with Crippen molar-refractivity contribution >= 4 is 21.5 Å². The van der Waals surface area contributed by atoms with Gasteiger partial charge in [0.05, 0.1) is 11.1 Å². The van der Waals surface area contributed by atoms with E-state index >= 15 is 0 Å². The highest BCUT2D eigenvalue weighted by molar-refractivity contribution is 7.91. The van der Waals surface area contributed by atoms with E-state index < -0.39 is 20.7 Å². The summed E-state index contributed by atoms with van der Waals surface area (Å²) in [5, 5.41) is 16.8. The Morgan fingerprint density at radius 1 is 1.32 bits per heavy atom. The summed E-state index contributed by atoms with van der Waals surface area (Å²) in [6, 6.07) is 7.15. The van der Waals surface area contributed by atoms with Crippen LogP contribution in [0.3, 0.4) is 0 Å². The highest BCUT2D eigenvalue weighted by atomic mass is 32.2. The van der Waals surface area contributed by atoms with Crippen LogP contribution in [-0.4, -0.2) is 23.5 Å². The molecule has 0 unspecified atom stereocenters. The molecule has 0 atom stereocenters. The van der Waals surface area contributed by atoms with Gasteiger partial charge in [-0.2, -0.15) is 5.10 Å². The van der Waals surface area contributed by atoms with Gasteiger partial charge in [0.15, 0.2) is 0 Å². The molecule has 0 spiro atoms. The number of nitro benzene ring substituents is 1. The topological polar surface area (TPSA) is 118 Å². The minimum atomic E-state index is -3.74. The summed E-state index contributed by atoms with van der Waals surface area (Å²) in [6.07, 6.45) is 1.39. The van der Waals surface area contributed by atoms with Crippen molar-refractivity contribution in [2.24, 2.45) is 0 Å². The molecule has 0 aliphatic rings. The first-order chi connectivity index (χ1) is 8.98. The fraction of sp³-hybridized carbons (Fsp3) is 0.100. The van der Waals surface area contributed by atoms with Crippen LogP contribution in [0.1, 0.15) is 5.56 Å². The Balaban J connectivity index is 2.23. The van der Waals surface area contributed by atoms with Crippen molar-refractivity contribution in [2.45, 2.75) is 5.75 Å². The molecule has 1 aromatic carbocycles. The second-order valence-corrected chi connectivity index (χ2v) is 5.44. The third kappa shape index (κ3) is 3.28. The number of hydrogen-bond donors (Lipinski definition) is 2. The average Bonchev–Trinajstić information content (AvgIpc) is 2.80. The molecule has 9 heteroatoms. The zero-order valence-electron chi connectivity index (χ0n) is 9.61. The van der Waals surface area contributed by atoms with Gasteiger partial charge in [-0.25, -0.2) is 8.42 Å². The smallest absolute Gasteiger partial charge is 0.267 e. The van der Waals surface area contributed by atoms with Gasteiger partial charge in [-0.15, -0.1) is 0 Å². The van der Waals surface area contributed by atoms with E-state index in [4.69, 9.17) is 0 Å². The lowest BCUT2D eigenvalue weighted by molar-refractivity contribution is -0.385. The number of nitrogens with zero attached hydrogens (tertiary/aromatic N) is 2. The molecule has 2 rings (SSSR count). The molecule has 0 bridgehead atoms. The quantitative estimate of drug-likeness (QED) is 0.632. The normalized spacial score (nSPS) is 11.2. The summed E-state index contributed by atoms with van der Waals surface area (Å²) < 4.78 is 26.0. The SMILES string of the molecule is O=[N+]([O-])c1ccccc1CS(=O)(=O)Nc1ccn[nH]1. The minimum absolute atomic E-state index is 0.125. The minimum Gasteiger partial charge on any atom is -0.267 e. The summed E-state index contributed by atoms with van der Waals surface area (Å²) >= 11 is 0. The largest absolute Gasteiger partial charge is 0.273 e. The van der Waals surface area contributed by atoms with E-state index in [-0.39, 0.29) is 17.1 Å². The van der Waals surface area contributed by atoms with Gasteiger partial charge >= 0.3 is 0 Å². The molecule has 0 amide bonds. The fourth-order valence-corrected chi connectivity index (χ4v) is 2.71. The molecular weight excluding hydrogens is 272 g/mol. The number of aromatic amines is 1. The van der Waals surface area contributed by atoms with E-state index in [0.717, 1.165) is 0 Å². The van der Waals surface area contributed by atoms with Crippen molar-refractivity contribution in [1.82, 2.24) is 10.2 Å². The number of anilines is 1. The number of para-hydroxylation sites is 1. The lowest BCUT2D eigenvalue weighted by Gasteiger charge is -2.06. The first-order valence-electron chi connectivity index (χ1n) is 5.20. The maximum atomic E-state index is 11.9. The summed E-state index contributed by atoms with van der Waals surface area (Å²) in [7, 11) is -3.74. The van der Waals surface area contributed by atoms with Crippen LogP contribution in [-0.2, 0) is 15.8 Å². The monoisotopic (exact) mass is 282 g/mol. The lowest BCUT2D eigenvalue weighted by Crippen LogP contribution is -2.16. The molecule has 8 nitrogen and oxygen atoms in total. The number of benzene rings is 1. The number of H-pyrrole nitrogens is 1. The van der Waals surface area contributed by atoms with Crippen LogP contribution >= 0.6 is 0 Å². The highest BCUT2D eigenvalue weighted by Crippen LogP contribution is 2.20. The van der Waals surface area contributed by atoms with Crippen molar-refractivity contribution in [3.8, 4) is 0 Å². The van der Waals surface area contributed by atoms with Gasteiger partial charge in [0.2, 0.25) is 10.0 Å². The molecule has 1 aromatic heterocycles. The first kappa shape index (κ1) is 13.0. The molecule has 1 heterocycles. The van der Waals surface area contributed by atoms with Gasteiger partial charge in [0.25, 0.3) is 5.69 Å². The van der Waals surface area contributed by atoms with Crippen molar-refractivity contribution in [3.63, 3.8) is 0 Å². The van der Waals surface area contributed by atoms with E-state index in [9.17, 15) is 18.5 Å². The van der Waals surface area contributed by atoms with Crippen molar-refractivity contribution < 1.29 is 13.3 Å². The van der Waals surface area contributed by atoms with Crippen molar-refractivity contribution in [3.05, 3.63) is 52.2 Å². The average molecular weight is 282 g/mol. The number of hydrogen-bond acceptors (Lipinski definition) is 5. The molecule has 0 fully saturated rings. The number of rotatable bonds is 5. The van der Waals surface area contributed by atoms with Crippen LogP contribution in [0.15, 0.2) is 36.5 Å². The molecule has 0 aliphatic carbocycles. The third-order valence-corrected chi connectivity index (χ3v) is 3.52. The van der Waals surface area contributed by atoms with Crippen LogP contribution in [0.4, 0.5) is 11.5 Å². The van der Waals surface area contributed by atoms with Crippen LogP contribution in [0.5, 0.6) is 0 Å². The molecular formula is C10H10N4O4S. The zero-order chi connectivity index (χ0) is 13.9. The third-order valence-electron chi connectivity index (χ3n) is 2.30. The van der Waals surface area contributed by atoms with Crippen molar-refractivity contribution in [2.75, 3.05) is 4.72 Å². The molecule has 19 heavy (non-hydrogen) atoms. The maximum Gasteiger partial charge on any atom is 0.273 e. The number of nitrogens with one attached hydrogen (secondary N) is 2. The summed E-state index contributed by atoms with van der Waals surface area (Å²) in [5.41, 5.74) is -0.1000. The van der Waals surface area contributed by atoms with E-state index in [1.807, 2.05) is 0 Å². The van der Waals surface area contributed by atoms with E-state index in [1.165, 1.54) is 30.5 Å². The molecule has 2 aromatic rings. The Morgan fingerprint density at radius 2 is 2.05 bits per heavy atom. The summed E-state index contributed by atoms with van der Waals surface area (Å²) in [5.74, 6) is -0.276. The van der Waals surface area contributed by atoms with Gasteiger partial charge in [-0.1, -0.05) is 18.2 Å². The molecule has 0 radical (unpaired) electrons. The highest BCUT2D eigenvalue weighted by Gasteiger charge is 2.19. The van der Waals surface area contributed by atoms with Gasteiger partial charge in [-0.05, 0) is 0 Å². The number of sulfonamides is 1. The summed E-state index contributed by atoms with van der Waals surface area (Å²) in [4.78, 5) is 10.2. The summed E-state index contributed by atoms with van der Waals surface area (Å²) in [6.45, 7) is 0. The predicted molar refractivity (Wildman–Crippen MR) is 67.9 cm³/mol. The Morgan fingerprint density at radius 3 is 2.68 bits per heavy atom. The van der Waals surface area contributed by atoms with Crippen LogP contribution in [0.2, 0.25) is 0 Å². The Kier molecular flexibility index (Phi) is 3.47. The van der Waals surface area contributed by atoms with Gasteiger partial charge < -0.3 is 0 Å². The molecule has 0 aliphatic heterocycles. The molecule has 0 saturated heterocycles. The van der Waals surface area contributed by atoms with Crippen LogP contribution in [0, 0.1) is 10.1 Å².